The van der Waals surface area contributed by atoms with Gasteiger partial charge in [-0.3, -0.25) is 9.97 Å². The first-order valence-electron chi connectivity index (χ1n) is 12.6. The van der Waals surface area contributed by atoms with Crippen molar-refractivity contribution < 1.29 is 25.8 Å². The Labute approximate surface area is 238 Å². The molecule has 5 heterocycles. The molecule has 8 aromatic rings. The fourth-order valence-electron chi connectivity index (χ4n) is 5.58. The minimum absolute atomic E-state index is 0. The van der Waals surface area contributed by atoms with Crippen LogP contribution >= 0.6 is 0 Å². The predicted octanol–water partition coefficient (Wildman–Crippen LogP) is 7.31. The molecule has 0 radical (unpaired) electrons. The average molecular weight is 687 g/mol. The Balaban J connectivity index is 0.00000253. The maximum Gasteiger partial charge on any atom is 2.00 e. The predicted molar refractivity (Wildman–Crippen MR) is 150 cm³/mol. The summed E-state index contributed by atoms with van der Waals surface area (Å²) in [7, 11) is 0. The topological polar surface area (TPSA) is 56.7 Å². The summed E-state index contributed by atoms with van der Waals surface area (Å²) in [4.78, 5) is 14.3. The van der Waals surface area contributed by atoms with Gasteiger partial charge in [-0.2, -0.15) is 0 Å². The van der Waals surface area contributed by atoms with E-state index in [1.165, 1.54) is 0 Å². The van der Waals surface area contributed by atoms with Gasteiger partial charge in [0, 0.05) is 46.5 Å². The second kappa shape index (κ2) is 8.62. The van der Waals surface area contributed by atoms with Crippen LogP contribution in [-0.2, 0) is 21.1 Å². The molecule has 5 aromatic heterocycles. The average Bonchev–Trinajstić information content (AvgIpc) is 3.48. The number of imidazole rings is 2. The smallest absolute Gasteiger partial charge is 0.497 e. The molecule has 0 amide bonds. The van der Waals surface area contributed by atoms with Crippen LogP contribution < -0.4 is 4.74 Å². The van der Waals surface area contributed by atoms with Crippen molar-refractivity contribution >= 4 is 54.8 Å². The molecule has 3 aromatic carbocycles. The van der Waals surface area contributed by atoms with Crippen molar-refractivity contribution in [3.63, 3.8) is 0 Å². The normalized spacial score (nSPS) is 11.8. The molecule has 0 N–H and O–H groups in total. The van der Waals surface area contributed by atoms with Gasteiger partial charge in [0.2, 0.25) is 0 Å². The second-order valence-electron chi connectivity index (χ2n) is 9.73. The van der Waals surface area contributed by atoms with Gasteiger partial charge in [-0.05, 0) is 43.7 Å². The summed E-state index contributed by atoms with van der Waals surface area (Å²) in [5.74, 6) is 1.22. The molecule has 0 fully saturated rings. The first kappa shape index (κ1) is 23.8. The molecule has 0 atom stereocenters. The van der Waals surface area contributed by atoms with Crippen LogP contribution in [0.5, 0.6) is 11.5 Å². The molecule has 7 heteroatoms. The fourth-order valence-corrected chi connectivity index (χ4v) is 5.58. The maximum absolute atomic E-state index is 6.36. The number of ether oxygens (including phenoxy) is 1. The van der Waals surface area contributed by atoms with E-state index in [0.717, 1.165) is 71.9 Å². The molecule has 0 unspecified atom stereocenters. The maximum atomic E-state index is 6.36. The zero-order chi connectivity index (χ0) is 25.5. The van der Waals surface area contributed by atoms with Crippen molar-refractivity contribution in [2.24, 2.45) is 0 Å². The van der Waals surface area contributed by atoms with Crippen molar-refractivity contribution in [3.05, 3.63) is 102 Å². The molecule has 6 nitrogen and oxygen atoms in total. The molecule has 0 spiro atoms. The third kappa shape index (κ3) is 3.41. The Kier molecular flexibility index (Phi) is 5.26. The van der Waals surface area contributed by atoms with Crippen LogP contribution in [0, 0.1) is 32.9 Å². The first-order valence-corrected chi connectivity index (χ1v) is 12.6. The van der Waals surface area contributed by atoms with E-state index in [2.05, 4.69) is 81.5 Å². The summed E-state index contributed by atoms with van der Waals surface area (Å²) in [6, 6.07) is 27.5. The minimum Gasteiger partial charge on any atom is -0.497 e. The number of benzene rings is 3. The zero-order valence-corrected chi connectivity index (χ0v) is 23.7. The van der Waals surface area contributed by atoms with Gasteiger partial charge in [-0.15, -0.1) is 12.1 Å². The van der Waals surface area contributed by atoms with Gasteiger partial charge in [0.15, 0.2) is 0 Å². The Morgan fingerprint density at radius 3 is 2.18 bits per heavy atom. The van der Waals surface area contributed by atoms with Gasteiger partial charge >= 0.3 is 21.1 Å². The van der Waals surface area contributed by atoms with E-state index >= 15 is 0 Å². The molecule has 0 bridgehead atoms. The Morgan fingerprint density at radius 1 is 0.692 bits per heavy atom. The van der Waals surface area contributed by atoms with E-state index in [4.69, 9.17) is 14.7 Å². The third-order valence-electron chi connectivity index (χ3n) is 7.42. The van der Waals surface area contributed by atoms with E-state index in [-0.39, 0.29) is 21.1 Å². The van der Waals surface area contributed by atoms with Crippen molar-refractivity contribution in [2.45, 2.75) is 20.8 Å². The number of hydrogen-bond donors (Lipinski definition) is 0. The number of para-hydroxylation sites is 1. The van der Waals surface area contributed by atoms with Crippen LogP contribution in [-0.4, -0.2) is 23.8 Å². The standard InChI is InChI=1S/C32H21N5O.Pt/c1-18-17-36-29-9-5-4-7-25(29)23-12-10-21(15-27(23)31(36)34-18)38-22-11-13-24-26-8-6-14-33-30(26)37-20(3)19(2)35-32(37)28(24)16-22;/h4-14,17H,1-3H3;/q-2;+2. The van der Waals surface area contributed by atoms with Crippen LogP contribution in [0.25, 0.3) is 54.8 Å². The molecule has 0 aliphatic heterocycles. The van der Waals surface area contributed by atoms with Crippen molar-refractivity contribution in [1.82, 2.24) is 23.8 Å². The van der Waals surface area contributed by atoms with Gasteiger partial charge in [0.25, 0.3) is 0 Å². The molecule has 0 saturated carbocycles. The molecule has 0 saturated heterocycles. The van der Waals surface area contributed by atoms with Gasteiger partial charge < -0.3 is 13.5 Å². The van der Waals surface area contributed by atoms with Crippen LogP contribution in [0.15, 0.2) is 73.1 Å². The molecular formula is C32H21N5OPt. The number of pyridine rings is 3. The van der Waals surface area contributed by atoms with Crippen LogP contribution in [0.2, 0.25) is 0 Å². The van der Waals surface area contributed by atoms with Crippen LogP contribution in [0.3, 0.4) is 0 Å². The van der Waals surface area contributed by atoms with E-state index in [0.29, 0.717) is 11.5 Å². The summed E-state index contributed by atoms with van der Waals surface area (Å²) >= 11 is 0. The Hall–Kier alpha value is -4.28. The van der Waals surface area contributed by atoms with Gasteiger partial charge in [-0.25, -0.2) is 4.98 Å². The van der Waals surface area contributed by atoms with Crippen molar-refractivity contribution in [1.29, 1.82) is 0 Å². The SMILES string of the molecule is Cc1cn2c3ccccc3c3ccc(Oc4[c-]c5c(cc4)c4cccnc4n4c(C)c(C)nc54)[c-]c3c2n1.[Pt+2]. The van der Waals surface area contributed by atoms with E-state index in [9.17, 15) is 0 Å². The second-order valence-corrected chi connectivity index (χ2v) is 9.73. The molecular weight excluding hydrogens is 665 g/mol. The first-order chi connectivity index (χ1) is 18.6. The third-order valence-corrected chi connectivity index (χ3v) is 7.42. The zero-order valence-electron chi connectivity index (χ0n) is 21.4. The number of aromatic nitrogens is 5. The summed E-state index contributed by atoms with van der Waals surface area (Å²) < 4.78 is 10.6. The van der Waals surface area contributed by atoms with E-state index in [1.807, 2.05) is 38.2 Å². The van der Waals surface area contributed by atoms with Crippen molar-refractivity contribution in [2.75, 3.05) is 0 Å². The molecule has 8 rings (SSSR count). The van der Waals surface area contributed by atoms with Crippen molar-refractivity contribution in [3.8, 4) is 11.5 Å². The summed E-state index contributed by atoms with van der Waals surface area (Å²) in [5.41, 5.74) is 6.71. The summed E-state index contributed by atoms with van der Waals surface area (Å²) in [6.07, 6.45) is 3.88. The molecule has 0 aliphatic rings. The van der Waals surface area contributed by atoms with Gasteiger partial charge in [0.05, 0.1) is 11.3 Å². The molecule has 190 valence electrons. The Bertz CT molecular complexity index is 2260. The van der Waals surface area contributed by atoms with E-state index < -0.39 is 0 Å². The number of aryl methyl sites for hydroxylation is 3. The summed E-state index contributed by atoms with van der Waals surface area (Å²) in [5, 5.41) is 6.17. The molecule has 0 aliphatic carbocycles. The number of rotatable bonds is 2. The minimum atomic E-state index is 0. The van der Waals surface area contributed by atoms with Crippen LogP contribution in [0.1, 0.15) is 17.1 Å². The van der Waals surface area contributed by atoms with E-state index in [1.54, 1.807) is 0 Å². The van der Waals surface area contributed by atoms with Gasteiger partial charge in [-0.1, -0.05) is 70.1 Å². The largest absolute Gasteiger partial charge is 2.00 e. The number of nitrogens with zero attached hydrogens (tertiary/aromatic N) is 5. The number of fused-ring (bicyclic) bond motifs is 12. The Morgan fingerprint density at radius 2 is 1.38 bits per heavy atom. The summed E-state index contributed by atoms with van der Waals surface area (Å²) in [6.45, 7) is 6.10. The molecule has 39 heavy (non-hydrogen) atoms. The quantitative estimate of drug-likeness (QED) is 0.142. The number of hydrogen-bond acceptors (Lipinski definition) is 4. The fraction of sp³-hybridized carbons (Fsp3) is 0.0938. The monoisotopic (exact) mass is 686 g/mol. The van der Waals surface area contributed by atoms with Crippen LogP contribution in [0.4, 0.5) is 0 Å². The van der Waals surface area contributed by atoms with Gasteiger partial charge in [0.1, 0.15) is 5.65 Å².